The van der Waals surface area contributed by atoms with E-state index in [4.69, 9.17) is 0 Å². The minimum atomic E-state index is -0.0207. The number of rotatable bonds is 27. The molecule has 0 amide bonds. The summed E-state index contributed by atoms with van der Waals surface area (Å²) in [5.41, 5.74) is 8.66. The number of hydrogen-bond acceptors (Lipinski definition) is 18. The molecule has 7 aromatic carbocycles. The van der Waals surface area contributed by atoms with Crippen molar-refractivity contribution in [3.8, 4) is 0 Å². The van der Waals surface area contributed by atoms with Gasteiger partial charge in [-0.05, 0) is 118 Å². The number of benzene rings is 7. The minimum Gasteiger partial charge on any atom is -0.442 e. The molecular formula is C86H146B12IrN18Os5Si6-. The van der Waals surface area contributed by atoms with Gasteiger partial charge in [0.15, 0.2) is 0 Å². The van der Waals surface area contributed by atoms with Crippen molar-refractivity contribution in [3.05, 3.63) is 212 Å². The van der Waals surface area contributed by atoms with Gasteiger partial charge in [0.2, 0.25) is 49.2 Å². The molecule has 0 unspecified atom stereocenters. The fourth-order valence-corrected chi connectivity index (χ4v) is 26.0. The van der Waals surface area contributed by atoms with E-state index >= 15 is 0 Å². The van der Waals surface area contributed by atoms with E-state index in [1.807, 2.05) is 72.8 Å². The Kier molecular flexibility index (Phi) is 62.7. The number of hydrogen-bond donors (Lipinski definition) is 0. The van der Waals surface area contributed by atoms with Gasteiger partial charge in [-0.15, -0.1) is 36.4 Å². The third-order valence-electron chi connectivity index (χ3n) is 25.5. The van der Waals surface area contributed by atoms with Crippen LogP contribution in [0.5, 0.6) is 0 Å². The van der Waals surface area contributed by atoms with Crippen LogP contribution in [0, 0.1) is 36.4 Å². The molecule has 0 saturated carbocycles. The summed E-state index contributed by atoms with van der Waals surface area (Å²) in [6.07, 6.45) is 18.1. The van der Waals surface area contributed by atoms with E-state index in [9.17, 15) is 0 Å². The molecule has 0 bridgehead atoms. The van der Waals surface area contributed by atoms with Crippen LogP contribution in [-0.2, 0) is 119 Å². The van der Waals surface area contributed by atoms with E-state index < -0.39 is 0 Å². The molecule has 7 aromatic rings. The second kappa shape index (κ2) is 65.5. The fourth-order valence-electron chi connectivity index (χ4n) is 17.4. The Balaban J connectivity index is 0.000000518. The average Bonchev–Trinajstić information content (AvgIpc) is 0.861. The third kappa shape index (κ3) is 35.8. The van der Waals surface area contributed by atoms with Gasteiger partial charge in [0.1, 0.15) is 0 Å². The normalized spacial score (nSPS) is 16.8. The molecule has 13 rings (SSSR count). The molecule has 0 atom stereocenters. The van der Waals surface area contributed by atoms with Gasteiger partial charge in [0, 0.05) is 25.8 Å². The number of anilines is 7. The van der Waals surface area contributed by atoms with Crippen molar-refractivity contribution >= 4 is 183 Å². The molecule has 6 saturated heterocycles. The molecule has 0 aliphatic carbocycles. The van der Waals surface area contributed by atoms with Crippen molar-refractivity contribution in [1.82, 2.24) is 50.7 Å². The van der Waals surface area contributed by atoms with Gasteiger partial charge in [-0.2, -0.15) is 146 Å². The third-order valence-corrected chi connectivity index (χ3v) is 36.2. The Morgan fingerprint density at radius 3 is 0.734 bits per heavy atom. The maximum atomic E-state index is 3.45. The monoisotopic (exact) mass is 2880 g/mol. The molecule has 0 N–H and O–H groups in total. The van der Waals surface area contributed by atoms with Gasteiger partial charge in [-0.25, -0.2) is 0 Å². The van der Waals surface area contributed by atoms with Crippen LogP contribution in [0.2, 0.25) is 81.9 Å². The molecule has 6 aliphatic heterocycles. The van der Waals surface area contributed by atoms with Crippen LogP contribution < -0.4 is 31.3 Å². The molecule has 6 fully saturated rings. The van der Waals surface area contributed by atoms with E-state index in [0.29, 0.717) is 89.8 Å². The predicted molar refractivity (Wildman–Crippen MR) is 560 cm³/mol. The molecule has 18 nitrogen and oxygen atoms in total. The van der Waals surface area contributed by atoms with Gasteiger partial charge in [0.05, 0.1) is 0 Å². The smallest absolute Gasteiger partial charge is 0.442 e. The van der Waals surface area contributed by atoms with Gasteiger partial charge < -0.3 is 82.0 Å². The van der Waals surface area contributed by atoms with Crippen LogP contribution in [0.25, 0.3) is 0 Å². The van der Waals surface area contributed by atoms with Crippen LogP contribution in [0.15, 0.2) is 176 Å². The first-order chi connectivity index (χ1) is 58.8. The summed E-state index contributed by atoms with van der Waals surface area (Å²) in [5.74, 6) is 0. The quantitative estimate of drug-likeness (QED) is 0.0279. The second-order valence-electron chi connectivity index (χ2n) is 34.2. The average molecular weight is 2870 g/mol. The zero-order valence-corrected chi connectivity index (χ0v) is 104. The minimum absolute atomic E-state index is 0. The van der Waals surface area contributed by atoms with Gasteiger partial charge in [-0.1, -0.05) is 240 Å². The predicted octanol–water partition coefficient (Wildman–Crippen LogP) is 13.8. The number of unbranched alkanes of at least 4 members (excludes halogenated alkanes) is 9. The molecule has 128 heavy (non-hydrogen) atoms. The first-order valence-corrected chi connectivity index (χ1v) is 52.6. The fraction of sp³-hybridized carbons (Fsp3) is 0.512. The van der Waals surface area contributed by atoms with Crippen molar-refractivity contribution < 1.29 is 119 Å². The molecule has 6 aliphatic rings. The summed E-state index contributed by atoms with van der Waals surface area (Å²) in [7, 11) is 11.8. The van der Waals surface area contributed by atoms with Crippen molar-refractivity contribution in [2.75, 3.05) is 99.3 Å². The Labute approximate surface area is 881 Å². The molecule has 42 heteroatoms. The summed E-state index contributed by atoms with van der Waals surface area (Å²) in [4.78, 5) is 0. The Morgan fingerprint density at radius 2 is 0.469 bits per heavy atom. The van der Waals surface area contributed by atoms with Crippen molar-refractivity contribution in [2.45, 2.75) is 226 Å². The zero-order valence-electron chi connectivity index (χ0n) is 81.8. The van der Waals surface area contributed by atoms with E-state index in [2.05, 4.69) is 387 Å². The molecule has 6 heterocycles. The zero-order chi connectivity index (χ0) is 88.4. The second-order valence-corrected chi connectivity index (χ2v) is 43.5. The van der Waals surface area contributed by atoms with Crippen molar-refractivity contribution in [3.63, 3.8) is 0 Å². The topological polar surface area (TPSA) is 58.3 Å². The summed E-state index contributed by atoms with van der Waals surface area (Å²) in [6, 6.07) is 81.7. The summed E-state index contributed by atoms with van der Waals surface area (Å²) >= 11 is 0. The van der Waals surface area contributed by atoms with Crippen LogP contribution in [0.1, 0.15) is 138 Å². The van der Waals surface area contributed by atoms with Gasteiger partial charge >= 0.3 is 148 Å². The van der Waals surface area contributed by atoms with E-state index in [0.717, 1.165) is 13.1 Å². The molecule has 0 aromatic heterocycles. The summed E-state index contributed by atoms with van der Waals surface area (Å²) in [5, 5.41) is 0. The summed E-state index contributed by atoms with van der Waals surface area (Å²) < 4.78 is 45.7. The van der Waals surface area contributed by atoms with Crippen LogP contribution >= 0.6 is 0 Å². The first-order valence-electron chi connectivity index (χ1n) is 46.4. The van der Waals surface area contributed by atoms with E-state index in [1.54, 1.807) is 0 Å². The van der Waals surface area contributed by atoms with Gasteiger partial charge in [-0.3, -0.25) is 0 Å². The van der Waals surface area contributed by atoms with Crippen LogP contribution in [0.4, 0.5) is 39.8 Å². The maximum absolute atomic E-state index is 3.45. The molecular weight excluding hydrogens is 2730 g/mol. The molecule has 0 spiro atoms. The van der Waals surface area contributed by atoms with Crippen LogP contribution in [0.3, 0.4) is 0 Å². The Hall–Kier alpha value is -1.39. The van der Waals surface area contributed by atoms with Gasteiger partial charge in [0.25, 0.3) is 44.8 Å². The Morgan fingerprint density at radius 1 is 0.242 bits per heavy atom. The summed E-state index contributed by atoms with van der Waals surface area (Å²) in [6.45, 7) is 55.4. The Bertz CT molecular complexity index is 3910. The number of nitrogens with zero attached hydrogens (tertiary/aromatic N) is 18. The first kappa shape index (κ1) is 123. The maximum Gasteiger partial charge on any atom is 1.00 e. The van der Waals surface area contributed by atoms with Crippen molar-refractivity contribution in [1.29, 1.82) is 0 Å². The van der Waals surface area contributed by atoms with Crippen molar-refractivity contribution in [2.24, 2.45) is 0 Å². The van der Waals surface area contributed by atoms with E-state index in [-0.39, 0.29) is 178 Å². The standard InChI is InChI=1S/C20H29B2N3Si.C15H27B2N3Si.C14H25B2N3Si.C13H23B2N3Si.2C12H21B2N3Si.Ir.5Os/c1-4-5-6-13-18-23-21(2)24(19-14-9-7-10-15-19)26-25(22(23)3)20-16-11-8-12-17-20;1-5-6-7-11-14-19-16(2)18(4)21-20(17(19)3)15-12-9-8-10-13-15;1-5-6-10-13-18-15(2)17(4)20-19(16(18)3)14-11-8-7-9-12-14;1-5-6-12-17-14(2)16(4)19-18(15(17)3)13-10-8-7-9-11-13;1-11(2)16-13(3)15(5)18-17(14(16)4)12-9-7-6-8-10-12;1-5-11-16-13(2)15(4)18-17(14(16)3)12-9-7-6-8-10-12;;;;;;/h7-12,14-16,26H,4-6,13,18H2,1-3H3;8-10,12,21H,5-7,11,14H2,1-4H3;7-9,11,20H,5-6,10,13H2,1-4H3;7-10,19H,5-6,12H2,1-4H3;6-9,11,18H,1-5H3;6-9,18H,5,11H2,1-4H3;;;;;;/q6*-1;;5*+1. The van der Waals surface area contributed by atoms with E-state index in [1.165, 1.54) is 149 Å². The molecule has 12 radical (unpaired) electrons. The largest absolute Gasteiger partial charge is 1.00 e. The SMILES string of the molecule is CB1N(C)[SiH]N(c2[c-]cccc2)B(C)N1C(C)C.CCCCCCN1B(C)N(C)[SiH]N(c2[c-]cccc2)B1C.CCCCCCN1B(C)N(c2[c-]cccc2)[SiH]N(c2ccccc2)B1C.CCCCCN1B(C)N(C)[SiH]N(c2[c-]cccc2)B1C.CCCCN1B(C)N(C)[SiH]N(c2[c-]cccc2)B1C.CCCN1B(C)N(C)[SiH]N(c2[c-]cccc2)B1C.[Ir].[Os+].[Os+].[Os+].[Os+].[Os+]. The van der Waals surface area contributed by atoms with Crippen LogP contribution in [-0.4, -0.2) is 268 Å². The molecule has 690 valence electrons. The number of para-hydroxylation sites is 7.